The largest absolute Gasteiger partial charge is 0.496 e. The van der Waals surface area contributed by atoms with Crippen LogP contribution in [-0.2, 0) is 9.59 Å². The zero-order valence-electron chi connectivity index (χ0n) is 12.1. The monoisotopic (exact) mass is 291 g/mol. The molecule has 2 atom stereocenters. The number of amides is 2. The minimum absolute atomic E-state index is 0.203. The fourth-order valence-electron chi connectivity index (χ4n) is 2.66. The highest BCUT2D eigenvalue weighted by Gasteiger charge is 2.31. The van der Waals surface area contributed by atoms with E-state index >= 15 is 0 Å². The third kappa shape index (κ3) is 3.33. The first-order valence-electron chi connectivity index (χ1n) is 7.01. The van der Waals surface area contributed by atoms with Crippen molar-refractivity contribution in [3.8, 4) is 5.75 Å². The molecular weight excluding hydrogens is 270 g/mol. The van der Waals surface area contributed by atoms with Gasteiger partial charge in [0.05, 0.1) is 13.0 Å². The van der Waals surface area contributed by atoms with Gasteiger partial charge in [-0.25, -0.2) is 0 Å². The van der Waals surface area contributed by atoms with Crippen LogP contribution in [-0.4, -0.2) is 36.9 Å². The Balaban J connectivity index is 2.13. The molecule has 6 nitrogen and oxygen atoms in total. The van der Waals surface area contributed by atoms with E-state index in [4.69, 9.17) is 16.2 Å². The second-order valence-electron chi connectivity index (χ2n) is 5.25. The Bertz CT molecular complexity index is 533. The van der Waals surface area contributed by atoms with Crippen LogP contribution in [0.5, 0.6) is 5.75 Å². The summed E-state index contributed by atoms with van der Waals surface area (Å²) in [6.07, 6.45) is 1.49. The third-order valence-corrected chi connectivity index (χ3v) is 3.88. The molecule has 0 aliphatic carbocycles. The van der Waals surface area contributed by atoms with Gasteiger partial charge in [-0.1, -0.05) is 18.2 Å². The van der Waals surface area contributed by atoms with Crippen molar-refractivity contribution in [2.75, 3.05) is 20.2 Å². The number of primary amides is 1. The first-order chi connectivity index (χ1) is 10.0. The number of nitrogens with two attached hydrogens (primary N) is 2. The number of nitrogens with zero attached hydrogens (tertiary/aromatic N) is 1. The molecule has 2 amide bonds. The molecule has 0 bridgehead atoms. The Labute approximate surface area is 124 Å². The van der Waals surface area contributed by atoms with E-state index in [2.05, 4.69) is 0 Å². The van der Waals surface area contributed by atoms with Gasteiger partial charge in [0.25, 0.3) is 0 Å². The minimum Gasteiger partial charge on any atom is -0.496 e. The number of carbonyl (C=O) groups is 2. The fourth-order valence-corrected chi connectivity index (χ4v) is 2.66. The van der Waals surface area contributed by atoms with Gasteiger partial charge in [0, 0.05) is 18.7 Å². The summed E-state index contributed by atoms with van der Waals surface area (Å²) in [4.78, 5) is 25.4. The van der Waals surface area contributed by atoms with Crippen molar-refractivity contribution in [1.29, 1.82) is 0 Å². The third-order valence-electron chi connectivity index (χ3n) is 3.88. The highest BCUT2D eigenvalue weighted by atomic mass is 16.5. The second-order valence-corrected chi connectivity index (χ2v) is 5.25. The van der Waals surface area contributed by atoms with Gasteiger partial charge in [0.1, 0.15) is 11.8 Å². The minimum atomic E-state index is -0.798. The standard InChI is InChI=1S/C15H21N3O3/c1-21-12-7-3-2-6-11(12)13(16)15(20)18-8-4-5-10(9-18)14(17)19/h2-3,6-7,10,13H,4-5,8-9,16H2,1H3,(H2,17,19)/t10-,13-/m0/s1. The lowest BCUT2D eigenvalue weighted by Gasteiger charge is -2.33. The molecule has 0 aromatic heterocycles. The van der Waals surface area contributed by atoms with E-state index in [0.29, 0.717) is 24.4 Å². The number of hydrogen-bond donors (Lipinski definition) is 2. The number of ether oxygens (including phenoxy) is 1. The van der Waals surface area contributed by atoms with E-state index in [1.807, 2.05) is 12.1 Å². The van der Waals surface area contributed by atoms with Crippen LogP contribution in [0.25, 0.3) is 0 Å². The smallest absolute Gasteiger partial charge is 0.244 e. The number of para-hydroxylation sites is 1. The molecule has 1 heterocycles. The topological polar surface area (TPSA) is 98.7 Å². The molecule has 1 aromatic rings. The molecule has 2 rings (SSSR count). The van der Waals surface area contributed by atoms with Crippen molar-refractivity contribution >= 4 is 11.8 Å². The van der Waals surface area contributed by atoms with Crippen molar-refractivity contribution in [3.63, 3.8) is 0 Å². The first-order valence-corrected chi connectivity index (χ1v) is 7.01. The summed E-state index contributed by atoms with van der Waals surface area (Å²) < 4.78 is 5.24. The zero-order valence-corrected chi connectivity index (χ0v) is 12.1. The molecule has 1 aromatic carbocycles. The number of likely N-dealkylation sites (tertiary alicyclic amines) is 1. The van der Waals surface area contributed by atoms with Gasteiger partial charge in [-0.15, -0.1) is 0 Å². The van der Waals surface area contributed by atoms with Gasteiger partial charge in [0.15, 0.2) is 0 Å². The number of methoxy groups -OCH3 is 1. The van der Waals surface area contributed by atoms with E-state index in [-0.39, 0.29) is 17.7 Å². The maximum Gasteiger partial charge on any atom is 0.244 e. The predicted octanol–water partition coefficient (Wildman–Crippen LogP) is 0.419. The quantitative estimate of drug-likeness (QED) is 0.839. The van der Waals surface area contributed by atoms with Crippen LogP contribution in [0, 0.1) is 5.92 Å². The summed E-state index contributed by atoms with van der Waals surface area (Å²) in [5, 5.41) is 0. The molecule has 0 unspecified atom stereocenters. The summed E-state index contributed by atoms with van der Waals surface area (Å²) in [7, 11) is 1.54. The molecule has 1 saturated heterocycles. The maximum absolute atomic E-state index is 12.5. The van der Waals surface area contributed by atoms with E-state index in [0.717, 1.165) is 12.8 Å². The highest BCUT2D eigenvalue weighted by Crippen LogP contribution is 2.26. The summed E-state index contributed by atoms with van der Waals surface area (Å²) in [5.41, 5.74) is 12.1. The molecule has 21 heavy (non-hydrogen) atoms. The number of piperidine rings is 1. The maximum atomic E-state index is 12.5. The summed E-state index contributed by atoms with van der Waals surface area (Å²) in [6, 6.07) is 6.38. The molecule has 4 N–H and O–H groups in total. The van der Waals surface area contributed by atoms with Crippen molar-refractivity contribution < 1.29 is 14.3 Å². The average molecular weight is 291 g/mol. The predicted molar refractivity (Wildman–Crippen MR) is 78.4 cm³/mol. The van der Waals surface area contributed by atoms with Gasteiger partial charge in [-0.3, -0.25) is 9.59 Å². The summed E-state index contributed by atoms with van der Waals surface area (Å²) in [6.45, 7) is 0.947. The highest BCUT2D eigenvalue weighted by molar-refractivity contribution is 5.85. The van der Waals surface area contributed by atoms with Crippen LogP contribution in [0.2, 0.25) is 0 Å². The summed E-state index contributed by atoms with van der Waals surface area (Å²) in [5.74, 6) is -0.266. The SMILES string of the molecule is COc1ccccc1[C@H](N)C(=O)N1CCC[C@H](C(N)=O)C1. The normalized spacial score (nSPS) is 19.9. The van der Waals surface area contributed by atoms with Crippen LogP contribution in [0.3, 0.4) is 0 Å². The van der Waals surface area contributed by atoms with Crippen LogP contribution in [0.15, 0.2) is 24.3 Å². The van der Waals surface area contributed by atoms with Crippen LogP contribution < -0.4 is 16.2 Å². The second kappa shape index (κ2) is 6.58. The molecule has 0 saturated carbocycles. The van der Waals surface area contributed by atoms with Crippen LogP contribution in [0.4, 0.5) is 0 Å². The van der Waals surface area contributed by atoms with Crippen molar-refractivity contribution in [1.82, 2.24) is 4.90 Å². The van der Waals surface area contributed by atoms with Gasteiger partial charge >= 0.3 is 0 Å². The van der Waals surface area contributed by atoms with Crippen LogP contribution >= 0.6 is 0 Å². The number of hydrogen-bond acceptors (Lipinski definition) is 4. The van der Waals surface area contributed by atoms with Crippen molar-refractivity contribution in [2.45, 2.75) is 18.9 Å². The molecule has 1 fully saturated rings. The molecule has 0 radical (unpaired) electrons. The first kappa shape index (κ1) is 15.3. The average Bonchev–Trinajstić information content (AvgIpc) is 2.53. The summed E-state index contributed by atoms with van der Waals surface area (Å²) >= 11 is 0. The van der Waals surface area contributed by atoms with Crippen molar-refractivity contribution in [2.24, 2.45) is 17.4 Å². The Morgan fingerprint density at radius 3 is 2.76 bits per heavy atom. The Morgan fingerprint density at radius 2 is 2.10 bits per heavy atom. The fraction of sp³-hybridized carbons (Fsp3) is 0.467. The van der Waals surface area contributed by atoms with Crippen molar-refractivity contribution in [3.05, 3.63) is 29.8 Å². The van der Waals surface area contributed by atoms with E-state index in [1.165, 1.54) is 0 Å². The lowest BCUT2D eigenvalue weighted by Crippen LogP contribution is -2.47. The molecular formula is C15H21N3O3. The number of carbonyl (C=O) groups excluding carboxylic acids is 2. The lowest BCUT2D eigenvalue weighted by atomic mass is 9.96. The molecule has 1 aliphatic heterocycles. The van der Waals surface area contributed by atoms with E-state index in [9.17, 15) is 9.59 Å². The van der Waals surface area contributed by atoms with E-state index in [1.54, 1.807) is 24.1 Å². The number of rotatable bonds is 4. The van der Waals surface area contributed by atoms with Gasteiger partial charge in [-0.2, -0.15) is 0 Å². The number of benzene rings is 1. The Kier molecular flexibility index (Phi) is 4.80. The Hall–Kier alpha value is -2.08. The van der Waals surface area contributed by atoms with Crippen LogP contribution in [0.1, 0.15) is 24.4 Å². The lowest BCUT2D eigenvalue weighted by molar-refractivity contribution is -0.136. The molecule has 1 aliphatic rings. The molecule has 114 valence electrons. The van der Waals surface area contributed by atoms with Gasteiger partial charge in [0.2, 0.25) is 11.8 Å². The van der Waals surface area contributed by atoms with E-state index < -0.39 is 6.04 Å². The molecule has 6 heteroatoms. The Morgan fingerprint density at radius 1 is 1.38 bits per heavy atom. The van der Waals surface area contributed by atoms with Gasteiger partial charge < -0.3 is 21.1 Å². The van der Waals surface area contributed by atoms with Gasteiger partial charge in [-0.05, 0) is 18.9 Å². The molecule has 0 spiro atoms. The zero-order chi connectivity index (χ0) is 15.4.